The van der Waals surface area contributed by atoms with Gasteiger partial charge in [-0.25, -0.2) is 4.98 Å². The molecule has 134 valence electrons. The van der Waals surface area contributed by atoms with Crippen molar-refractivity contribution in [3.8, 4) is 0 Å². The lowest BCUT2D eigenvalue weighted by Gasteiger charge is -2.21. The highest BCUT2D eigenvalue weighted by Crippen LogP contribution is 2.41. The molecule has 1 aromatic carbocycles. The maximum atomic E-state index is 12.9. The van der Waals surface area contributed by atoms with Gasteiger partial charge in [0.05, 0.1) is 11.3 Å². The van der Waals surface area contributed by atoms with Crippen LogP contribution in [0, 0.1) is 5.92 Å². The van der Waals surface area contributed by atoms with Crippen molar-refractivity contribution in [2.24, 2.45) is 5.92 Å². The molecule has 5 nitrogen and oxygen atoms in total. The number of hydrogen-bond donors (Lipinski definition) is 1. The maximum absolute atomic E-state index is 12.9. The first-order valence-electron chi connectivity index (χ1n) is 9.07. The predicted octanol–water partition coefficient (Wildman–Crippen LogP) is 4.34. The van der Waals surface area contributed by atoms with Crippen LogP contribution in [0.25, 0.3) is 0 Å². The SMILES string of the molecule is CCN1C(=O)c2cccnc2Sc2cc(NC(=O)C3CCCC3)ccc21. The molecule has 1 aliphatic carbocycles. The van der Waals surface area contributed by atoms with Crippen LogP contribution in [-0.4, -0.2) is 23.3 Å². The van der Waals surface area contributed by atoms with E-state index in [1.54, 1.807) is 17.2 Å². The van der Waals surface area contributed by atoms with Crippen LogP contribution < -0.4 is 10.2 Å². The first-order chi connectivity index (χ1) is 12.7. The van der Waals surface area contributed by atoms with Gasteiger partial charge in [0.25, 0.3) is 5.91 Å². The molecule has 0 unspecified atom stereocenters. The fourth-order valence-electron chi connectivity index (χ4n) is 3.64. The number of rotatable bonds is 3. The molecular formula is C20H21N3O2S. The van der Waals surface area contributed by atoms with Crippen molar-refractivity contribution in [3.63, 3.8) is 0 Å². The van der Waals surface area contributed by atoms with Gasteiger partial charge in [0, 0.05) is 29.2 Å². The zero-order valence-corrected chi connectivity index (χ0v) is 15.5. The van der Waals surface area contributed by atoms with E-state index in [-0.39, 0.29) is 17.7 Å². The molecule has 26 heavy (non-hydrogen) atoms. The summed E-state index contributed by atoms with van der Waals surface area (Å²) in [6.07, 6.45) is 5.91. The number of benzene rings is 1. The van der Waals surface area contributed by atoms with Gasteiger partial charge in [-0.15, -0.1) is 0 Å². The summed E-state index contributed by atoms with van der Waals surface area (Å²) < 4.78 is 0. The van der Waals surface area contributed by atoms with Crippen LogP contribution >= 0.6 is 11.8 Å². The molecule has 6 heteroatoms. The smallest absolute Gasteiger partial charge is 0.261 e. The lowest BCUT2D eigenvalue weighted by Crippen LogP contribution is -2.30. The third-order valence-electron chi connectivity index (χ3n) is 5.01. The van der Waals surface area contributed by atoms with Crippen molar-refractivity contribution < 1.29 is 9.59 Å². The molecule has 1 aliphatic heterocycles. The van der Waals surface area contributed by atoms with E-state index in [0.717, 1.165) is 42.0 Å². The predicted molar refractivity (Wildman–Crippen MR) is 103 cm³/mol. The molecule has 0 bridgehead atoms. The fraction of sp³-hybridized carbons (Fsp3) is 0.350. The van der Waals surface area contributed by atoms with Crippen LogP contribution in [0.3, 0.4) is 0 Å². The molecule has 4 rings (SSSR count). The quantitative estimate of drug-likeness (QED) is 0.876. The van der Waals surface area contributed by atoms with Crippen LogP contribution in [0.2, 0.25) is 0 Å². The number of nitrogens with one attached hydrogen (secondary N) is 1. The number of carbonyl (C=O) groups is 2. The van der Waals surface area contributed by atoms with Crippen molar-refractivity contribution in [1.82, 2.24) is 4.98 Å². The summed E-state index contributed by atoms with van der Waals surface area (Å²) in [6.45, 7) is 2.54. The molecular weight excluding hydrogens is 346 g/mol. The zero-order valence-electron chi connectivity index (χ0n) is 14.7. The monoisotopic (exact) mass is 367 g/mol. The molecule has 0 spiro atoms. The Morgan fingerprint density at radius 1 is 1.31 bits per heavy atom. The van der Waals surface area contributed by atoms with Crippen LogP contribution in [-0.2, 0) is 4.79 Å². The van der Waals surface area contributed by atoms with Crippen LogP contribution in [0.15, 0.2) is 46.5 Å². The summed E-state index contributed by atoms with van der Waals surface area (Å²) in [4.78, 5) is 32.4. The van der Waals surface area contributed by atoms with Crippen LogP contribution in [0.1, 0.15) is 43.0 Å². The molecule has 2 heterocycles. The van der Waals surface area contributed by atoms with Gasteiger partial charge in [-0.2, -0.15) is 0 Å². The molecule has 0 saturated heterocycles. The van der Waals surface area contributed by atoms with E-state index in [1.807, 2.05) is 31.2 Å². The third kappa shape index (κ3) is 3.09. The first kappa shape index (κ1) is 17.1. The van der Waals surface area contributed by atoms with E-state index in [2.05, 4.69) is 10.3 Å². The van der Waals surface area contributed by atoms with Crippen LogP contribution in [0.4, 0.5) is 11.4 Å². The van der Waals surface area contributed by atoms with Crippen molar-refractivity contribution in [2.45, 2.75) is 42.5 Å². The zero-order chi connectivity index (χ0) is 18.1. The molecule has 2 amide bonds. The second kappa shape index (κ2) is 7.11. The Hall–Kier alpha value is -2.34. The van der Waals surface area contributed by atoms with Crippen molar-refractivity contribution >= 4 is 35.0 Å². The molecule has 1 N–H and O–H groups in total. The number of pyridine rings is 1. The lowest BCUT2D eigenvalue weighted by atomic mass is 10.1. The van der Waals surface area contributed by atoms with E-state index in [4.69, 9.17) is 0 Å². The van der Waals surface area contributed by atoms with Gasteiger partial charge in [-0.1, -0.05) is 24.6 Å². The number of fused-ring (bicyclic) bond motifs is 2. The minimum atomic E-state index is -0.0374. The molecule has 2 aliphatic rings. The lowest BCUT2D eigenvalue weighted by molar-refractivity contribution is -0.119. The topological polar surface area (TPSA) is 62.3 Å². The minimum absolute atomic E-state index is 0.0374. The number of aromatic nitrogens is 1. The third-order valence-corrected chi connectivity index (χ3v) is 6.08. The Morgan fingerprint density at radius 2 is 2.12 bits per heavy atom. The number of hydrogen-bond acceptors (Lipinski definition) is 4. The second-order valence-corrected chi connectivity index (χ2v) is 7.69. The van der Waals surface area contributed by atoms with Crippen LogP contribution in [0.5, 0.6) is 0 Å². The minimum Gasteiger partial charge on any atom is -0.326 e. The molecule has 1 saturated carbocycles. The second-order valence-electron chi connectivity index (χ2n) is 6.66. The highest BCUT2D eigenvalue weighted by Gasteiger charge is 2.28. The molecule has 0 radical (unpaired) electrons. The summed E-state index contributed by atoms with van der Waals surface area (Å²) in [5.41, 5.74) is 2.25. The van der Waals surface area contributed by atoms with E-state index in [0.29, 0.717) is 17.1 Å². The molecule has 2 aromatic rings. The highest BCUT2D eigenvalue weighted by atomic mass is 32.2. The fourth-order valence-corrected chi connectivity index (χ4v) is 4.69. The van der Waals surface area contributed by atoms with E-state index >= 15 is 0 Å². The Balaban J connectivity index is 1.67. The van der Waals surface area contributed by atoms with Crippen molar-refractivity contribution in [2.75, 3.05) is 16.8 Å². The van der Waals surface area contributed by atoms with E-state index < -0.39 is 0 Å². The van der Waals surface area contributed by atoms with Gasteiger partial charge < -0.3 is 10.2 Å². The van der Waals surface area contributed by atoms with Gasteiger partial charge in [-0.3, -0.25) is 9.59 Å². The number of carbonyl (C=O) groups excluding carboxylic acids is 2. The summed E-state index contributed by atoms with van der Waals surface area (Å²) in [6, 6.07) is 9.35. The normalized spacial score (nSPS) is 16.8. The van der Waals surface area contributed by atoms with Gasteiger partial charge >= 0.3 is 0 Å². The van der Waals surface area contributed by atoms with Gasteiger partial charge in [0.1, 0.15) is 5.03 Å². The summed E-state index contributed by atoms with van der Waals surface area (Å²) in [7, 11) is 0. The van der Waals surface area contributed by atoms with E-state index in [9.17, 15) is 9.59 Å². The standard InChI is InChI=1S/C20H21N3O2S/c1-2-23-16-10-9-14(22-18(24)13-6-3-4-7-13)12-17(16)26-19-15(20(23)25)8-5-11-21-19/h5,8-13H,2-4,6-7H2,1H3,(H,22,24). The average Bonchev–Trinajstić information content (AvgIpc) is 3.15. The van der Waals surface area contributed by atoms with Crippen molar-refractivity contribution in [3.05, 3.63) is 42.1 Å². The highest BCUT2D eigenvalue weighted by molar-refractivity contribution is 7.99. The molecule has 0 atom stereocenters. The Morgan fingerprint density at radius 3 is 2.88 bits per heavy atom. The Labute approximate surface area is 157 Å². The number of anilines is 2. The summed E-state index contributed by atoms with van der Waals surface area (Å²) in [5.74, 6) is 0.185. The molecule has 1 aromatic heterocycles. The largest absolute Gasteiger partial charge is 0.326 e. The first-order valence-corrected chi connectivity index (χ1v) is 9.88. The Bertz CT molecular complexity index is 862. The van der Waals surface area contributed by atoms with Gasteiger partial charge in [0.15, 0.2) is 0 Å². The maximum Gasteiger partial charge on any atom is 0.261 e. The molecule has 1 fully saturated rings. The number of amides is 2. The summed E-state index contributed by atoms with van der Waals surface area (Å²) in [5, 5.41) is 3.75. The number of nitrogens with zero attached hydrogens (tertiary/aromatic N) is 2. The summed E-state index contributed by atoms with van der Waals surface area (Å²) >= 11 is 1.47. The van der Waals surface area contributed by atoms with Gasteiger partial charge in [-0.05, 0) is 50.1 Å². The Kier molecular flexibility index (Phi) is 4.68. The van der Waals surface area contributed by atoms with E-state index in [1.165, 1.54) is 11.8 Å². The van der Waals surface area contributed by atoms with Crippen molar-refractivity contribution in [1.29, 1.82) is 0 Å². The average molecular weight is 367 g/mol. The van der Waals surface area contributed by atoms with Gasteiger partial charge in [0.2, 0.25) is 5.91 Å².